The van der Waals surface area contributed by atoms with Gasteiger partial charge in [-0.3, -0.25) is 9.69 Å². The van der Waals surface area contributed by atoms with Crippen molar-refractivity contribution in [3.8, 4) is 0 Å². The fourth-order valence-electron chi connectivity index (χ4n) is 7.22. The number of benzene rings is 1. The van der Waals surface area contributed by atoms with Crippen molar-refractivity contribution < 1.29 is 47.9 Å². The molecule has 1 aromatic heterocycles. The van der Waals surface area contributed by atoms with E-state index in [-0.39, 0.29) is 56.2 Å². The highest BCUT2D eigenvalue weighted by Crippen LogP contribution is 2.57. The second-order valence-corrected chi connectivity index (χ2v) is 12.4. The molecule has 0 bridgehead atoms. The van der Waals surface area contributed by atoms with Crippen molar-refractivity contribution in [2.45, 2.75) is 51.5 Å². The molecular formula is C36H52N2O10. The Labute approximate surface area is 283 Å². The molecule has 0 spiro atoms. The molecule has 3 aliphatic rings. The first-order valence-electron chi connectivity index (χ1n) is 17.5. The van der Waals surface area contributed by atoms with E-state index in [1.807, 2.05) is 6.07 Å². The zero-order valence-corrected chi connectivity index (χ0v) is 28.3. The predicted molar refractivity (Wildman–Crippen MR) is 179 cm³/mol. The third-order valence-corrected chi connectivity index (χ3v) is 9.43. The normalized spacial score (nSPS) is 20.0. The van der Waals surface area contributed by atoms with Gasteiger partial charge in [-0.25, -0.2) is 4.79 Å². The number of carbonyl (C=O) groups excluding carboxylic acids is 2. The van der Waals surface area contributed by atoms with Crippen LogP contribution in [0.15, 0.2) is 30.3 Å². The maximum atomic E-state index is 13.6. The number of aliphatic hydroxyl groups excluding tert-OH is 1. The smallest absolute Gasteiger partial charge is 0.355 e. The molecule has 1 aromatic carbocycles. The van der Waals surface area contributed by atoms with E-state index in [9.17, 15) is 9.59 Å². The van der Waals surface area contributed by atoms with E-state index in [4.69, 9.17) is 38.3 Å². The molecule has 1 fully saturated rings. The minimum atomic E-state index is -0.345. The van der Waals surface area contributed by atoms with Crippen LogP contribution < -0.4 is 0 Å². The lowest BCUT2D eigenvalue weighted by molar-refractivity contribution is -0.147. The predicted octanol–water partition coefficient (Wildman–Crippen LogP) is 3.53. The van der Waals surface area contributed by atoms with Gasteiger partial charge in [-0.2, -0.15) is 0 Å². The second kappa shape index (κ2) is 18.8. The van der Waals surface area contributed by atoms with Crippen molar-refractivity contribution in [1.82, 2.24) is 9.47 Å². The van der Waals surface area contributed by atoms with Crippen LogP contribution in [0.25, 0.3) is 16.6 Å². The number of nitrogens with zero attached hydrogens (tertiary/aromatic N) is 2. The van der Waals surface area contributed by atoms with Gasteiger partial charge in [0.2, 0.25) is 0 Å². The van der Waals surface area contributed by atoms with Gasteiger partial charge in [0, 0.05) is 29.5 Å². The molecule has 1 saturated heterocycles. The number of carbonyl (C=O) groups is 2. The maximum Gasteiger partial charge on any atom is 0.355 e. The molecule has 0 radical (unpaired) electrons. The quantitative estimate of drug-likeness (QED) is 0.138. The number of rotatable bonds is 23. The number of piperidine rings is 1. The summed E-state index contributed by atoms with van der Waals surface area (Å²) in [6, 6.07) is 8.66. The molecule has 2 atom stereocenters. The molecule has 4 heterocycles. The van der Waals surface area contributed by atoms with Crippen molar-refractivity contribution in [3.63, 3.8) is 0 Å². The van der Waals surface area contributed by atoms with Crippen LogP contribution in [0, 0.1) is 5.41 Å². The molecule has 48 heavy (non-hydrogen) atoms. The van der Waals surface area contributed by atoms with Crippen molar-refractivity contribution >= 4 is 28.5 Å². The molecule has 1 N–H and O–H groups in total. The summed E-state index contributed by atoms with van der Waals surface area (Å²) in [5, 5.41) is 9.84. The highest BCUT2D eigenvalue weighted by Gasteiger charge is 2.51. The summed E-state index contributed by atoms with van der Waals surface area (Å²) < 4.78 is 40.0. The fraction of sp³-hybridized carbons (Fsp3) is 0.667. The number of hydrogen-bond acceptors (Lipinski definition) is 11. The standard InChI is InChI=1S/C36H52N2O10/c1-2-36-11-6-12-37-13-10-29-28-7-3-4-8-30(28)38(33(29)34(36)37)31(27-36)35(41)48-15-5-9-32(40)47-26-25-46-24-23-45-22-21-44-20-19-43-18-17-42-16-14-39/h3-4,7-8,27,34,39H,2,5-6,9-26H2,1H3/t34-,36+/m1/s1. The van der Waals surface area contributed by atoms with Gasteiger partial charge >= 0.3 is 11.9 Å². The van der Waals surface area contributed by atoms with E-state index in [2.05, 4.69) is 40.7 Å². The topological polar surface area (TPSA) is 127 Å². The molecule has 3 aliphatic heterocycles. The SMILES string of the molecule is CC[C@@]12C=C(C(=O)OCCCC(=O)OCCOCCOCCOCCOCCOCCO)n3c4c(c5ccccc53)CCN(CCC1)[C@H]42. The number of fused-ring (bicyclic) bond motifs is 3. The Kier molecular flexibility index (Phi) is 14.3. The average Bonchev–Trinajstić information content (AvgIpc) is 3.45. The summed E-state index contributed by atoms with van der Waals surface area (Å²) >= 11 is 0. The summed E-state index contributed by atoms with van der Waals surface area (Å²) in [7, 11) is 0. The average molecular weight is 673 g/mol. The van der Waals surface area contributed by atoms with Gasteiger partial charge in [0.05, 0.1) is 90.8 Å². The number of hydrogen-bond donors (Lipinski definition) is 1. The van der Waals surface area contributed by atoms with Gasteiger partial charge < -0.3 is 42.8 Å². The van der Waals surface area contributed by atoms with E-state index in [1.165, 1.54) is 16.6 Å². The van der Waals surface area contributed by atoms with Crippen LogP contribution in [-0.4, -0.2) is 125 Å². The summed E-state index contributed by atoms with van der Waals surface area (Å²) in [5.41, 5.74) is 4.21. The molecule has 0 aliphatic carbocycles. The lowest BCUT2D eigenvalue weighted by Crippen LogP contribution is -2.51. The van der Waals surface area contributed by atoms with Gasteiger partial charge in [-0.15, -0.1) is 0 Å². The van der Waals surface area contributed by atoms with E-state index >= 15 is 0 Å². The Hall–Kier alpha value is -2.84. The third kappa shape index (κ3) is 9.03. The number of aromatic nitrogens is 1. The van der Waals surface area contributed by atoms with Crippen LogP contribution in [0.4, 0.5) is 0 Å². The second-order valence-electron chi connectivity index (χ2n) is 12.4. The zero-order chi connectivity index (χ0) is 33.6. The minimum absolute atomic E-state index is 0.0109. The van der Waals surface area contributed by atoms with Crippen LogP contribution in [0.5, 0.6) is 0 Å². The van der Waals surface area contributed by atoms with Crippen LogP contribution in [0.1, 0.15) is 56.3 Å². The molecule has 0 amide bonds. The van der Waals surface area contributed by atoms with Crippen molar-refractivity contribution in [2.24, 2.45) is 5.41 Å². The first-order valence-corrected chi connectivity index (χ1v) is 17.5. The Morgan fingerprint density at radius 3 is 2.15 bits per heavy atom. The van der Waals surface area contributed by atoms with Crippen molar-refractivity contribution in [3.05, 3.63) is 41.6 Å². The van der Waals surface area contributed by atoms with Gasteiger partial charge in [-0.1, -0.05) is 25.1 Å². The first kappa shape index (κ1) is 36.4. The van der Waals surface area contributed by atoms with Gasteiger partial charge in [0.25, 0.3) is 0 Å². The largest absolute Gasteiger partial charge is 0.463 e. The molecule has 0 saturated carbocycles. The first-order chi connectivity index (χ1) is 23.6. The molecule has 0 unspecified atom stereocenters. The van der Waals surface area contributed by atoms with Gasteiger partial charge in [0.15, 0.2) is 0 Å². The number of esters is 2. The Bertz CT molecular complexity index is 1360. The van der Waals surface area contributed by atoms with Crippen molar-refractivity contribution in [2.75, 3.05) is 99.0 Å². The number of para-hydroxylation sites is 1. The van der Waals surface area contributed by atoms with E-state index in [0.717, 1.165) is 44.3 Å². The zero-order valence-electron chi connectivity index (χ0n) is 28.3. The molecular weight excluding hydrogens is 620 g/mol. The Balaban J connectivity index is 0.953. The Morgan fingerprint density at radius 2 is 1.48 bits per heavy atom. The van der Waals surface area contributed by atoms with Crippen LogP contribution in [-0.2, 0) is 49.2 Å². The highest BCUT2D eigenvalue weighted by atomic mass is 16.6. The molecule has 2 aromatic rings. The van der Waals surface area contributed by atoms with E-state index in [0.29, 0.717) is 71.6 Å². The van der Waals surface area contributed by atoms with E-state index < -0.39 is 0 Å². The minimum Gasteiger partial charge on any atom is -0.463 e. The fourth-order valence-corrected chi connectivity index (χ4v) is 7.22. The van der Waals surface area contributed by atoms with Crippen molar-refractivity contribution in [1.29, 1.82) is 0 Å². The molecule has 5 rings (SSSR count). The van der Waals surface area contributed by atoms with E-state index in [1.54, 1.807) is 0 Å². The molecule has 12 heteroatoms. The van der Waals surface area contributed by atoms with Crippen LogP contribution >= 0.6 is 0 Å². The molecule has 12 nitrogen and oxygen atoms in total. The van der Waals surface area contributed by atoms with Gasteiger partial charge in [-0.05, 0) is 56.4 Å². The lowest BCUT2D eigenvalue weighted by Gasteiger charge is -2.53. The summed E-state index contributed by atoms with van der Waals surface area (Å²) in [6.45, 7) is 8.86. The van der Waals surface area contributed by atoms with Crippen LogP contribution in [0.2, 0.25) is 0 Å². The Morgan fingerprint density at radius 1 is 0.833 bits per heavy atom. The third-order valence-electron chi connectivity index (χ3n) is 9.43. The van der Waals surface area contributed by atoms with Gasteiger partial charge in [0.1, 0.15) is 12.3 Å². The number of aliphatic hydroxyl groups is 1. The van der Waals surface area contributed by atoms with Crippen LogP contribution in [0.3, 0.4) is 0 Å². The summed E-state index contributed by atoms with van der Waals surface area (Å²) in [5.74, 6) is -0.684. The lowest BCUT2D eigenvalue weighted by atomic mass is 9.66. The molecule has 266 valence electrons. The summed E-state index contributed by atoms with van der Waals surface area (Å²) in [6.07, 6.45) is 6.88. The monoisotopic (exact) mass is 672 g/mol. The highest BCUT2D eigenvalue weighted by molar-refractivity contribution is 6.13. The maximum absolute atomic E-state index is 13.6. The summed E-state index contributed by atoms with van der Waals surface area (Å²) in [4.78, 5) is 28.5. The number of ether oxygens (including phenoxy) is 7.